The maximum Gasteiger partial charge on any atom is 0.435 e. The van der Waals surface area contributed by atoms with Crippen molar-refractivity contribution in [3.05, 3.63) is 17.8 Å². The molecule has 0 aliphatic rings. The lowest BCUT2D eigenvalue weighted by molar-refractivity contribution is -0.141. The molecule has 0 N–H and O–H groups in total. The predicted octanol–water partition coefficient (Wildman–Crippen LogP) is 1.75. The number of hydrogen-bond donors (Lipinski definition) is 0. The Morgan fingerprint density at radius 2 is 1.90 bits per heavy atom. The molecule has 1 aromatic rings. The van der Waals surface area contributed by atoms with Crippen molar-refractivity contribution >= 4 is 15.7 Å². The van der Waals surface area contributed by atoms with Gasteiger partial charge in [-0.2, -0.15) is 13.2 Å². The quantitative estimate of drug-likeness (QED) is 0.829. The molecule has 0 aliphatic heterocycles. The van der Waals surface area contributed by atoms with Crippen molar-refractivity contribution in [3.8, 4) is 0 Å². The zero-order valence-corrected chi connectivity index (χ0v) is 12.2. The van der Waals surface area contributed by atoms with E-state index in [2.05, 4.69) is 10.2 Å². The molecule has 114 valence electrons. The Morgan fingerprint density at radius 3 is 2.30 bits per heavy atom. The number of alkyl halides is 3. The molecule has 1 unspecified atom stereocenters. The third kappa shape index (κ3) is 4.32. The summed E-state index contributed by atoms with van der Waals surface area (Å²) in [5.74, 6) is 0.115. The number of aromatic nitrogens is 2. The molecule has 0 bridgehead atoms. The largest absolute Gasteiger partial charge is 0.435 e. The highest BCUT2D eigenvalue weighted by Crippen LogP contribution is 2.27. The van der Waals surface area contributed by atoms with Crippen molar-refractivity contribution in [3.63, 3.8) is 0 Å². The number of halogens is 3. The smallest absolute Gasteiger partial charge is 0.354 e. The molecule has 0 radical (unpaired) electrons. The summed E-state index contributed by atoms with van der Waals surface area (Å²) in [6, 6.07) is 1.58. The van der Waals surface area contributed by atoms with Crippen LogP contribution in [0.1, 0.15) is 19.5 Å². The SMILES string of the molecule is CCS(=O)(=O)CC(C)N(C)c1ccc(C(F)(F)F)nn1. The lowest BCUT2D eigenvalue weighted by atomic mass is 10.3. The van der Waals surface area contributed by atoms with Crippen LogP contribution in [0.4, 0.5) is 19.0 Å². The number of sulfone groups is 1. The van der Waals surface area contributed by atoms with Crippen molar-refractivity contribution in [1.82, 2.24) is 10.2 Å². The molecular formula is C11H16F3N3O2S. The van der Waals surface area contributed by atoms with Gasteiger partial charge in [0.2, 0.25) is 0 Å². The van der Waals surface area contributed by atoms with Crippen LogP contribution in [0.5, 0.6) is 0 Å². The van der Waals surface area contributed by atoms with E-state index >= 15 is 0 Å². The summed E-state index contributed by atoms with van der Waals surface area (Å²) in [6.07, 6.45) is -4.54. The highest BCUT2D eigenvalue weighted by atomic mass is 32.2. The Labute approximate surface area is 115 Å². The zero-order chi connectivity index (χ0) is 15.6. The van der Waals surface area contributed by atoms with Crippen LogP contribution in [-0.4, -0.2) is 43.2 Å². The van der Waals surface area contributed by atoms with Gasteiger partial charge in [-0.3, -0.25) is 0 Å². The topological polar surface area (TPSA) is 63.2 Å². The maximum atomic E-state index is 12.4. The van der Waals surface area contributed by atoms with Gasteiger partial charge in [0.05, 0.1) is 5.75 Å². The van der Waals surface area contributed by atoms with Crippen molar-refractivity contribution in [2.45, 2.75) is 26.1 Å². The third-order valence-electron chi connectivity index (χ3n) is 2.90. The summed E-state index contributed by atoms with van der Waals surface area (Å²) in [4.78, 5) is 1.49. The van der Waals surface area contributed by atoms with Crippen LogP contribution in [-0.2, 0) is 16.0 Å². The van der Waals surface area contributed by atoms with E-state index in [1.54, 1.807) is 20.9 Å². The van der Waals surface area contributed by atoms with E-state index in [0.717, 1.165) is 6.07 Å². The zero-order valence-electron chi connectivity index (χ0n) is 11.3. The minimum Gasteiger partial charge on any atom is -0.354 e. The van der Waals surface area contributed by atoms with Crippen LogP contribution >= 0.6 is 0 Å². The number of rotatable bonds is 5. The Balaban J connectivity index is 2.85. The second-order valence-corrected chi connectivity index (χ2v) is 6.83. The molecule has 1 heterocycles. The Morgan fingerprint density at radius 1 is 1.30 bits per heavy atom. The summed E-state index contributed by atoms with van der Waals surface area (Å²) in [7, 11) is -1.61. The van der Waals surface area contributed by atoms with Crippen LogP contribution in [0.25, 0.3) is 0 Å². The fourth-order valence-corrected chi connectivity index (χ4v) is 2.68. The fraction of sp³-hybridized carbons (Fsp3) is 0.636. The van der Waals surface area contributed by atoms with Crippen LogP contribution in [0.2, 0.25) is 0 Å². The molecular weight excluding hydrogens is 295 g/mol. The molecule has 5 nitrogen and oxygen atoms in total. The van der Waals surface area contributed by atoms with Gasteiger partial charge in [0.25, 0.3) is 0 Å². The summed E-state index contributed by atoms with van der Waals surface area (Å²) in [6.45, 7) is 3.20. The van der Waals surface area contributed by atoms with Gasteiger partial charge in [0.15, 0.2) is 21.3 Å². The van der Waals surface area contributed by atoms with Gasteiger partial charge in [0, 0.05) is 18.8 Å². The molecule has 0 aromatic carbocycles. The first-order valence-corrected chi connectivity index (χ1v) is 7.73. The first-order valence-electron chi connectivity index (χ1n) is 5.91. The van der Waals surface area contributed by atoms with Gasteiger partial charge in [-0.1, -0.05) is 6.92 Å². The van der Waals surface area contributed by atoms with Crippen LogP contribution in [0.15, 0.2) is 12.1 Å². The second-order valence-electron chi connectivity index (χ2n) is 4.43. The van der Waals surface area contributed by atoms with E-state index in [-0.39, 0.29) is 17.3 Å². The van der Waals surface area contributed by atoms with Crippen molar-refractivity contribution in [1.29, 1.82) is 0 Å². The van der Waals surface area contributed by atoms with E-state index in [4.69, 9.17) is 0 Å². The average Bonchev–Trinajstić information content (AvgIpc) is 2.36. The van der Waals surface area contributed by atoms with E-state index in [1.807, 2.05) is 0 Å². The molecule has 0 aliphatic carbocycles. The lowest BCUT2D eigenvalue weighted by Crippen LogP contribution is -2.36. The van der Waals surface area contributed by atoms with Gasteiger partial charge in [-0.05, 0) is 19.1 Å². The Kier molecular flexibility index (Phi) is 4.95. The fourth-order valence-electron chi connectivity index (χ4n) is 1.49. The monoisotopic (exact) mass is 311 g/mol. The highest BCUT2D eigenvalue weighted by Gasteiger charge is 2.33. The normalized spacial score (nSPS) is 14.1. The summed E-state index contributed by atoms with van der Waals surface area (Å²) in [5.41, 5.74) is -1.08. The molecule has 1 atom stereocenters. The van der Waals surface area contributed by atoms with E-state index in [9.17, 15) is 21.6 Å². The molecule has 0 saturated carbocycles. The minimum absolute atomic E-state index is 0.0177. The number of nitrogens with zero attached hydrogens (tertiary/aromatic N) is 3. The number of hydrogen-bond acceptors (Lipinski definition) is 5. The van der Waals surface area contributed by atoms with E-state index in [1.165, 1.54) is 11.0 Å². The molecule has 0 amide bonds. The molecule has 9 heteroatoms. The van der Waals surface area contributed by atoms with Crippen LogP contribution in [0, 0.1) is 0 Å². The highest BCUT2D eigenvalue weighted by molar-refractivity contribution is 7.91. The molecule has 1 rings (SSSR count). The van der Waals surface area contributed by atoms with E-state index in [0.29, 0.717) is 0 Å². The summed E-state index contributed by atoms with van der Waals surface area (Å²) < 4.78 is 60.1. The summed E-state index contributed by atoms with van der Waals surface area (Å²) >= 11 is 0. The molecule has 20 heavy (non-hydrogen) atoms. The van der Waals surface area contributed by atoms with Crippen molar-refractivity contribution < 1.29 is 21.6 Å². The first-order chi connectivity index (χ1) is 9.07. The van der Waals surface area contributed by atoms with Gasteiger partial charge < -0.3 is 4.90 Å². The first kappa shape index (κ1) is 16.7. The minimum atomic E-state index is -4.54. The van der Waals surface area contributed by atoms with Crippen molar-refractivity contribution in [2.24, 2.45) is 0 Å². The van der Waals surface area contributed by atoms with Gasteiger partial charge in [0.1, 0.15) is 0 Å². The molecule has 0 spiro atoms. The van der Waals surface area contributed by atoms with E-state index < -0.39 is 27.7 Å². The predicted molar refractivity (Wildman–Crippen MR) is 69.2 cm³/mol. The maximum absolute atomic E-state index is 12.4. The van der Waals surface area contributed by atoms with Crippen molar-refractivity contribution in [2.75, 3.05) is 23.5 Å². The Bertz CT molecular complexity index is 543. The Hall–Kier alpha value is -1.38. The average molecular weight is 311 g/mol. The van der Waals surface area contributed by atoms with Crippen LogP contribution in [0.3, 0.4) is 0 Å². The molecule has 1 aromatic heterocycles. The number of anilines is 1. The van der Waals surface area contributed by atoms with Gasteiger partial charge >= 0.3 is 6.18 Å². The van der Waals surface area contributed by atoms with Gasteiger partial charge in [-0.15, -0.1) is 10.2 Å². The van der Waals surface area contributed by atoms with Gasteiger partial charge in [-0.25, -0.2) is 8.42 Å². The second kappa shape index (κ2) is 5.94. The van der Waals surface area contributed by atoms with Crippen LogP contribution < -0.4 is 4.90 Å². The molecule has 0 fully saturated rings. The lowest BCUT2D eigenvalue weighted by Gasteiger charge is -2.25. The molecule has 0 saturated heterocycles. The third-order valence-corrected chi connectivity index (χ3v) is 4.77. The summed E-state index contributed by atoms with van der Waals surface area (Å²) in [5, 5.41) is 6.59. The standard InChI is InChI=1S/C11H16F3N3O2S/c1-4-20(18,19)7-8(2)17(3)10-6-5-9(15-16-10)11(12,13)14/h5-6,8H,4,7H2,1-3H3.